The fourth-order valence-electron chi connectivity index (χ4n) is 4.11. The van der Waals surface area contributed by atoms with Gasteiger partial charge in [0.05, 0.1) is 23.1 Å². The molecule has 1 amide bonds. The molecule has 166 valence electrons. The fourth-order valence-corrected chi connectivity index (χ4v) is 5.76. The Labute approximate surface area is 191 Å². The van der Waals surface area contributed by atoms with E-state index < -0.39 is 28.8 Å². The maximum Gasteiger partial charge on any atom is 0.331 e. The van der Waals surface area contributed by atoms with Crippen molar-refractivity contribution in [2.24, 2.45) is 0 Å². The number of nitrogens with zero attached hydrogens (tertiary/aromatic N) is 1. The molecule has 2 aromatic carbocycles. The van der Waals surface area contributed by atoms with Crippen molar-refractivity contribution in [3.63, 3.8) is 0 Å². The Morgan fingerprint density at radius 3 is 2.25 bits per heavy atom. The lowest BCUT2D eigenvalue weighted by Gasteiger charge is -2.38. The molecule has 2 heterocycles. The molecular formula is C25H25NO5S. The smallest absolute Gasteiger partial charge is 0.331 e. The van der Waals surface area contributed by atoms with Crippen LogP contribution in [0.15, 0.2) is 72.8 Å². The molecule has 0 aliphatic carbocycles. The van der Waals surface area contributed by atoms with Crippen molar-refractivity contribution in [1.29, 1.82) is 0 Å². The summed E-state index contributed by atoms with van der Waals surface area (Å²) in [6.45, 7) is 3.85. The number of β-lactam (4-membered cyclic amide) rings is 1. The quantitative estimate of drug-likeness (QED) is 0.362. The number of carbonyl (C=O) groups excluding carboxylic acids is 3. The molecule has 0 spiro atoms. The Balaban J connectivity index is 1.64. The number of benzene rings is 2. The zero-order valence-corrected chi connectivity index (χ0v) is 18.8. The molecular weight excluding hydrogens is 426 g/mol. The topological polar surface area (TPSA) is 72.9 Å². The van der Waals surface area contributed by atoms with Gasteiger partial charge in [-0.15, -0.1) is 11.8 Å². The summed E-state index contributed by atoms with van der Waals surface area (Å²) in [4.78, 5) is 39.4. The van der Waals surface area contributed by atoms with Crippen LogP contribution in [0.5, 0.6) is 0 Å². The molecule has 7 heteroatoms. The second-order valence-corrected chi connectivity index (χ2v) is 9.55. The number of carbonyl (C=O) groups is 3. The summed E-state index contributed by atoms with van der Waals surface area (Å²) in [7, 11) is 0. The zero-order valence-electron chi connectivity index (χ0n) is 18.0. The molecule has 2 aromatic rings. The highest BCUT2D eigenvalue weighted by atomic mass is 32.2. The zero-order chi connectivity index (χ0) is 22.7. The van der Waals surface area contributed by atoms with E-state index in [1.165, 1.54) is 17.8 Å². The summed E-state index contributed by atoms with van der Waals surface area (Å²) >= 11 is 1.49. The number of ether oxygens (including phenoxy) is 2. The third-order valence-corrected chi connectivity index (χ3v) is 7.19. The first-order valence-electron chi connectivity index (χ1n) is 10.6. The third-order valence-electron chi connectivity index (χ3n) is 5.66. The predicted molar refractivity (Wildman–Crippen MR) is 122 cm³/mol. The molecule has 0 unspecified atom stereocenters. The van der Waals surface area contributed by atoms with Crippen LogP contribution in [-0.4, -0.2) is 45.5 Å². The van der Waals surface area contributed by atoms with Crippen LogP contribution in [0, 0.1) is 0 Å². The molecule has 4 rings (SSSR count). The van der Waals surface area contributed by atoms with Crippen molar-refractivity contribution >= 4 is 29.6 Å². The summed E-state index contributed by atoms with van der Waals surface area (Å²) in [5.41, 5.74) is 1.68. The average Bonchev–Trinajstić information content (AvgIpc) is 3.04. The van der Waals surface area contributed by atoms with Crippen LogP contribution in [0.25, 0.3) is 0 Å². The van der Waals surface area contributed by atoms with Gasteiger partial charge < -0.3 is 14.4 Å². The predicted octanol–water partition coefficient (Wildman–Crippen LogP) is 3.87. The van der Waals surface area contributed by atoms with Gasteiger partial charge in [0.2, 0.25) is 5.91 Å². The minimum absolute atomic E-state index is 0.0892. The van der Waals surface area contributed by atoms with Gasteiger partial charge >= 0.3 is 11.9 Å². The van der Waals surface area contributed by atoms with E-state index in [4.69, 9.17) is 9.47 Å². The van der Waals surface area contributed by atoms with Gasteiger partial charge in [-0.2, -0.15) is 0 Å². The molecule has 2 aliphatic rings. The minimum Gasteiger partial charge on any atom is -0.463 e. The third kappa shape index (κ3) is 4.30. The lowest BCUT2D eigenvalue weighted by Crippen LogP contribution is -2.57. The van der Waals surface area contributed by atoms with E-state index in [2.05, 4.69) is 0 Å². The number of hydrogen-bond donors (Lipinski definition) is 0. The van der Waals surface area contributed by atoms with E-state index in [9.17, 15) is 14.4 Å². The molecule has 0 saturated carbocycles. The van der Waals surface area contributed by atoms with E-state index >= 15 is 0 Å². The molecule has 32 heavy (non-hydrogen) atoms. The van der Waals surface area contributed by atoms with Crippen molar-refractivity contribution in [3.05, 3.63) is 83.9 Å². The van der Waals surface area contributed by atoms with Crippen molar-refractivity contribution in [1.82, 2.24) is 4.90 Å². The first-order chi connectivity index (χ1) is 15.4. The van der Waals surface area contributed by atoms with Crippen molar-refractivity contribution in [2.75, 3.05) is 6.61 Å². The second kappa shape index (κ2) is 9.20. The summed E-state index contributed by atoms with van der Waals surface area (Å²) < 4.78 is 10.2. The van der Waals surface area contributed by atoms with Crippen LogP contribution < -0.4 is 0 Å². The van der Waals surface area contributed by atoms with Gasteiger partial charge in [-0.05, 0) is 25.0 Å². The molecule has 0 bridgehead atoms. The summed E-state index contributed by atoms with van der Waals surface area (Å²) in [6.07, 6.45) is 2.76. The van der Waals surface area contributed by atoms with Crippen molar-refractivity contribution < 1.29 is 23.9 Å². The van der Waals surface area contributed by atoms with Gasteiger partial charge in [0, 0.05) is 6.08 Å². The van der Waals surface area contributed by atoms with Crippen LogP contribution >= 0.6 is 11.8 Å². The Morgan fingerprint density at radius 1 is 1.12 bits per heavy atom. The first kappa shape index (κ1) is 22.1. The van der Waals surface area contributed by atoms with Gasteiger partial charge in [0.25, 0.3) is 0 Å². The molecule has 2 saturated heterocycles. The number of amides is 1. The highest BCUT2D eigenvalue weighted by Gasteiger charge is 2.60. The monoisotopic (exact) mass is 451 g/mol. The SMILES string of the molecule is CCOC(=O)C=C[C@]1(C)S[C@@H]2CC(=O)N2[C@H]1C(=O)OC(c1ccccc1)c1ccccc1. The summed E-state index contributed by atoms with van der Waals surface area (Å²) in [5, 5.41) is -0.108. The molecule has 0 radical (unpaired) electrons. The standard InChI is InChI=1S/C25H25NO5S/c1-3-30-21(28)14-15-25(2)23(26-19(27)16-20(26)32-25)24(29)31-22(17-10-6-4-7-11-17)18-12-8-5-9-13-18/h4-15,20,22-23H,3,16H2,1-2H3/t20-,23+,25+/m1/s1. The lowest BCUT2D eigenvalue weighted by atomic mass is 9.95. The van der Waals surface area contributed by atoms with Crippen LogP contribution in [-0.2, 0) is 23.9 Å². The number of fused-ring (bicyclic) bond motifs is 1. The van der Waals surface area contributed by atoms with Crippen molar-refractivity contribution in [2.45, 2.75) is 42.5 Å². The minimum atomic E-state index is -0.834. The average molecular weight is 452 g/mol. The van der Waals surface area contributed by atoms with E-state index in [1.807, 2.05) is 67.6 Å². The normalized spacial score (nSPS) is 24.3. The van der Waals surface area contributed by atoms with Gasteiger partial charge in [-0.1, -0.05) is 66.7 Å². The van der Waals surface area contributed by atoms with Crippen LogP contribution in [0.4, 0.5) is 0 Å². The molecule has 0 N–H and O–H groups in total. The number of esters is 2. The number of rotatable bonds is 7. The van der Waals surface area contributed by atoms with Gasteiger partial charge in [-0.25, -0.2) is 9.59 Å². The van der Waals surface area contributed by atoms with E-state index in [0.717, 1.165) is 11.1 Å². The molecule has 3 atom stereocenters. The second-order valence-electron chi connectivity index (χ2n) is 7.89. The number of hydrogen-bond acceptors (Lipinski definition) is 6. The Bertz CT molecular complexity index is 986. The maximum atomic E-state index is 13.5. The van der Waals surface area contributed by atoms with Gasteiger partial charge in [0.1, 0.15) is 6.04 Å². The number of thioether (sulfide) groups is 1. The lowest BCUT2D eigenvalue weighted by molar-refractivity contribution is -0.163. The summed E-state index contributed by atoms with van der Waals surface area (Å²) in [5.74, 6) is -1.07. The first-order valence-corrected chi connectivity index (χ1v) is 11.5. The Hall–Kier alpha value is -3.06. The largest absolute Gasteiger partial charge is 0.463 e. The Kier molecular flexibility index (Phi) is 6.37. The van der Waals surface area contributed by atoms with E-state index in [-0.39, 0.29) is 17.9 Å². The van der Waals surface area contributed by atoms with Crippen LogP contribution in [0.1, 0.15) is 37.5 Å². The van der Waals surface area contributed by atoms with Gasteiger partial charge in [0.15, 0.2) is 6.10 Å². The van der Waals surface area contributed by atoms with Gasteiger partial charge in [-0.3, -0.25) is 4.79 Å². The maximum absolute atomic E-state index is 13.5. The van der Waals surface area contributed by atoms with Crippen LogP contribution in [0.3, 0.4) is 0 Å². The fraction of sp³-hybridized carbons (Fsp3) is 0.320. The van der Waals surface area contributed by atoms with Crippen molar-refractivity contribution in [3.8, 4) is 0 Å². The molecule has 6 nitrogen and oxygen atoms in total. The molecule has 2 fully saturated rings. The highest BCUT2D eigenvalue weighted by Crippen LogP contribution is 2.52. The highest BCUT2D eigenvalue weighted by molar-refractivity contribution is 8.01. The van der Waals surface area contributed by atoms with E-state index in [1.54, 1.807) is 17.9 Å². The molecule has 2 aliphatic heterocycles. The van der Waals surface area contributed by atoms with E-state index in [0.29, 0.717) is 6.42 Å². The summed E-state index contributed by atoms with van der Waals surface area (Å²) in [6, 6.07) is 18.2. The van der Waals surface area contributed by atoms with Crippen LogP contribution in [0.2, 0.25) is 0 Å². The Morgan fingerprint density at radius 2 is 1.72 bits per heavy atom. The molecule has 0 aromatic heterocycles.